The second-order valence-electron chi connectivity index (χ2n) is 11.3. The smallest absolute Gasteiger partial charge is 0.409 e. The molecule has 0 radical (unpaired) electrons. The van der Waals surface area contributed by atoms with E-state index >= 15 is 0 Å². The van der Waals surface area contributed by atoms with E-state index in [0.29, 0.717) is 24.5 Å². The number of hydrogen-bond acceptors (Lipinski definition) is 5. The highest BCUT2D eigenvalue weighted by Gasteiger charge is 2.37. The molecule has 2 atom stereocenters. The lowest BCUT2D eigenvalue weighted by atomic mass is 9.69. The fourth-order valence-corrected chi connectivity index (χ4v) is 5.56. The number of ether oxygens (including phenoxy) is 2. The fraction of sp³-hybridized carbons (Fsp3) is 0.731. The maximum atomic E-state index is 12.5. The largest absolute Gasteiger partial charge is 0.453 e. The number of carbonyl (C=O) groups is 1. The minimum absolute atomic E-state index is 0.00157. The molecule has 2 aliphatic rings. The van der Waals surface area contributed by atoms with E-state index in [1.165, 1.54) is 32.8 Å². The predicted octanol–water partition coefficient (Wildman–Crippen LogP) is 5.52. The molecular weight excluding hydrogens is 416 g/mol. The number of aromatic nitrogens is 3. The Morgan fingerprint density at radius 1 is 1.18 bits per heavy atom. The number of fused-ring (bicyclic) bond motifs is 1. The summed E-state index contributed by atoms with van der Waals surface area (Å²) in [5.74, 6) is 1.53. The van der Waals surface area contributed by atoms with Crippen LogP contribution in [0.4, 0.5) is 4.79 Å². The minimum Gasteiger partial charge on any atom is -0.453 e. The van der Waals surface area contributed by atoms with E-state index < -0.39 is 0 Å². The molecule has 1 aliphatic heterocycles. The molecule has 1 saturated carbocycles. The number of rotatable bonds is 3. The highest BCUT2D eigenvalue weighted by atomic mass is 16.5. The van der Waals surface area contributed by atoms with Crippen molar-refractivity contribution >= 4 is 11.7 Å². The normalized spacial score (nSPS) is 26.7. The predicted molar refractivity (Wildman–Crippen MR) is 128 cm³/mol. The second kappa shape index (κ2) is 9.24. The summed E-state index contributed by atoms with van der Waals surface area (Å²) < 4.78 is 13.3. The highest BCUT2D eigenvalue weighted by Crippen LogP contribution is 2.43. The van der Waals surface area contributed by atoms with Crippen LogP contribution in [0.3, 0.4) is 0 Å². The lowest BCUT2D eigenvalue weighted by Gasteiger charge is -2.40. The van der Waals surface area contributed by atoms with Gasteiger partial charge in [0, 0.05) is 17.7 Å². The van der Waals surface area contributed by atoms with Crippen molar-refractivity contribution in [3.8, 4) is 0 Å². The van der Waals surface area contributed by atoms with Gasteiger partial charge in [-0.15, -0.1) is 0 Å². The van der Waals surface area contributed by atoms with E-state index in [-0.39, 0.29) is 24.2 Å². The molecule has 7 nitrogen and oxygen atoms in total. The Morgan fingerprint density at radius 3 is 2.48 bits per heavy atom. The zero-order valence-electron chi connectivity index (χ0n) is 21.3. The zero-order valence-corrected chi connectivity index (χ0v) is 21.3. The van der Waals surface area contributed by atoms with Crippen LogP contribution in [0, 0.1) is 24.2 Å². The lowest BCUT2D eigenvalue weighted by molar-refractivity contribution is -0.0716. The Balaban J connectivity index is 1.60. The Hall–Kier alpha value is -2.15. The van der Waals surface area contributed by atoms with Crippen LogP contribution >= 0.6 is 0 Å². The standard InChI is InChI=1S/C26H40N4O3/c1-16(2)22-15-33-23(14-29(22)25(31)32-7)21-12-17(3)27-24-13-20(28-30(21)24)18-8-10-19(11-9-18)26(4,5)6/h12-13,16,18-19,22-23H,8-11,14-15H2,1-7H3/t18?,19?,22-,23-/m1/s1. The van der Waals surface area contributed by atoms with Gasteiger partial charge in [-0.3, -0.25) is 4.90 Å². The van der Waals surface area contributed by atoms with Crippen LogP contribution in [0.5, 0.6) is 0 Å². The van der Waals surface area contributed by atoms with Gasteiger partial charge in [0.05, 0.1) is 37.7 Å². The van der Waals surface area contributed by atoms with E-state index in [4.69, 9.17) is 19.6 Å². The third-order valence-corrected chi connectivity index (χ3v) is 7.71. The molecule has 2 aromatic heterocycles. The first-order valence-electron chi connectivity index (χ1n) is 12.4. The first-order chi connectivity index (χ1) is 15.6. The van der Waals surface area contributed by atoms with E-state index in [1.54, 1.807) is 4.90 Å². The molecule has 33 heavy (non-hydrogen) atoms. The molecule has 2 fully saturated rings. The first-order valence-corrected chi connectivity index (χ1v) is 12.4. The van der Waals surface area contributed by atoms with Crippen molar-refractivity contribution in [2.45, 2.75) is 85.3 Å². The Morgan fingerprint density at radius 2 is 1.88 bits per heavy atom. The molecule has 0 N–H and O–H groups in total. The quantitative estimate of drug-likeness (QED) is 0.608. The summed E-state index contributed by atoms with van der Waals surface area (Å²) >= 11 is 0. The molecule has 1 amide bonds. The van der Waals surface area contributed by atoms with Crippen LogP contribution in [0.1, 0.15) is 89.4 Å². The maximum Gasteiger partial charge on any atom is 0.409 e. The van der Waals surface area contributed by atoms with Crippen molar-refractivity contribution in [1.29, 1.82) is 0 Å². The summed E-state index contributed by atoms with van der Waals surface area (Å²) in [7, 11) is 1.44. The number of methoxy groups -OCH3 is 1. The summed E-state index contributed by atoms with van der Waals surface area (Å²) in [5, 5.41) is 5.02. The third kappa shape index (κ3) is 4.88. The lowest BCUT2D eigenvalue weighted by Crippen LogP contribution is -2.52. The molecule has 2 aromatic rings. The van der Waals surface area contributed by atoms with E-state index in [0.717, 1.165) is 28.6 Å². The molecule has 1 saturated heterocycles. The molecule has 0 bridgehead atoms. The Labute approximate surface area is 197 Å². The topological polar surface area (TPSA) is 69.0 Å². The zero-order chi connectivity index (χ0) is 23.9. The summed E-state index contributed by atoms with van der Waals surface area (Å²) in [5.41, 5.74) is 4.23. The van der Waals surface area contributed by atoms with Gasteiger partial charge in [0.1, 0.15) is 6.10 Å². The molecule has 7 heteroatoms. The molecular formula is C26H40N4O3. The number of morpholine rings is 1. The summed E-state index contributed by atoms with van der Waals surface area (Å²) in [4.78, 5) is 19.1. The van der Waals surface area contributed by atoms with Crippen LogP contribution in [0.2, 0.25) is 0 Å². The summed E-state index contributed by atoms with van der Waals surface area (Å²) in [6.45, 7) is 14.2. The van der Waals surface area contributed by atoms with Gasteiger partial charge in [0.2, 0.25) is 0 Å². The molecule has 0 aromatic carbocycles. The summed E-state index contributed by atoms with van der Waals surface area (Å²) in [6.07, 6.45) is 4.27. The second-order valence-corrected chi connectivity index (χ2v) is 11.3. The van der Waals surface area contributed by atoms with E-state index in [9.17, 15) is 4.79 Å². The van der Waals surface area contributed by atoms with Gasteiger partial charge in [-0.05, 0) is 55.9 Å². The molecule has 182 valence electrons. The van der Waals surface area contributed by atoms with Crippen LogP contribution in [0.25, 0.3) is 5.65 Å². The average molecular weight is 457 g/mol. The van der Waals surface area contributed by atoms with Gasteiger partial charge < -0.3 is 9.47 Å². The third-order valence-electron chi connectivity index (χ3n) is 7.71. The fourth-order valence-electron chi connectivity index (χ4n) is 5.56. The molecule has 0 spiro atoms. The molecule has 1 aliphatic carbocycles. The Kier molecular flexibility index (Phi) is 6.72. The van der Waals surface area contributed by atoms with Crippen molar-refractivity contribution in [1.82, 2.24) is 19.5 Å². The number of amides is 1. The van der Waals surface area contributed by atoms with Crippen LogP contribution < -0.4 is 0 Å². The number of nitrogens with zero attached hydrogens (tertiary/aromatic N) is 4. The van der Waals surface area contributed by atoms with Crippen molar-refractivity contribution in [3.05, 3.63) is 29.2 Å². The monoisotopic (exact) mass is 456 g/mol. The minimum atomic E-state index is -0.305. The average Bonchev–Trinajstić information content (AvgIpc) is 3.21. The van der Waals surface area contributed by atoms with E-state index in [1.807, 2.05) is 17.5 Å². The number of hydrogen-bond donors (Lipinski definition) is 0. The van der Waals surface area contributed by atoms with Crippen molar-refractivity contribution < 1.29 is 14.3 Å². The van der Waals surface area contributed by atoms with Gasteiger partial charge in [-0.1, -0.05) is 34.6 Å². The van der Waals surface area contributed by atoms with Crippen LogP contribution in [-0.2, 0) is 9.47 Å². The molecule has 0 unspecified atom stereocenters. The van der Waals surface area contributed by atoms with Crippen molar-refractivity contribution in [2.75, 3.05) is 20.3 Å². The van der Waals surface area contributed by atoms with Gasteiger partial charge >= 0.3 is 6.09 Å². The van der Waals surface area contributed by atoms with Gasteiger partial charge in [-0.25, -0.2) is 14.3 Å². The molecule has 3 heterocycles. The first kappa shape index (κ1) is 24.0. The van der Waals surface area contributed by atoms with Crippen LogP contribution in [0.15, 0.2) is 12.1 Å². The maximum absolute atomic E-state index is 12.5. The SMILES string of the molecule is COC(=O)N1C[C@H](c2cc(C)nc3cc(C4CCC(C(C)(C)C)CC4)nn23)OC[C@@H]1C(C)C. The van der Waals surface area contributed by atoms with E-state index in [2.05, 4.69) is 40.7 Å². The van der Waals surface area contributed by atoms with Gasteiger partial charge in [-0.2, -0.15) is 5.10 Å². The van der Waals surface area contributed by atoms with Gasteiger partial charge in [0.15, 0.2) is 5.65 Å². The number of aryl methyl sites for hydroxylation is 1. The highest BCUT2D eigenvalue weighted by molar-refractivity contribution is 5.68. The summed E-state index contributed by atoms with van der Waals surface area (Å²) in [6, 6.07) is 4.19. The molecule has 4 rings (SSSR count). The van der Waals surface area contributed by atoms with Crippen molar-refractivity contribution in [2.24, 2.45) is 17.3 Å². The van der Waals surface area contributed by atoms with Crippen molar-refractivity contribution in [3.63, 3.8) is 0 Å². The number of carbonyl (C=O) groups excluding carboxylic acids is 1. The van der Waals surface area contributed by atoms with Crippen LogP contribution in [-0.4, -0.2) is 51.9 Å². The van der Waals surface area contributed by atoms with Gasteiger partial charge in [0.25, 0.3) is 0 Å². The Bertz CT molecular complexity index is 985.